The number of rotatable bonds is 6. The van der Waals surface area contributed by atoms with E-state index in [0.717, 1.165) is 24.4 Å². The van der Waals surface area contributed by atoms with Crippen LogP contribution >= 0.6 is 11.3 Å². The van der Waals surface area contributed by atoms with E-state index < -0.39 is 0 Å². The molecule has 2 aromatic rings. The SMILES string of the molecule is CN(CCOc1cccc(C#CCN)c1)Cc1cccs1. The van der Waals surface area contributed by atoms with Gasteiger partial charge < -0.3 is 10.5 Å². The average Bonchev–Trinajstić information content (AvgIpc) is 2.98. The summed E-state index contributed by atoms with van der Waals surface area (Å²) in [5.74, 6) is 6.71. The van der Waals surface area contributed by atoms with Gasteiger partial charge in [-0.05, 0) is 36.7 Å². The third-order valence-electron chi connectivity index (χ3n) is 2.92. The number of hydrogen-bond acceptors (Lipinski definition) is 4. The van der Waals surface area contributed by atoms with E-state index in [2.05, 4.69) is 41.3 Å². The van der Waals surface area contributed by atoms with E-state index >= 15 is 0 Å². The lowest BCUT2D eigenvalue weighted by Crippen LogP contribution is -2.23. The van der Waals surface area contributed by atoms with Crippen molar-refractivity contribution >= 4 is 11.3 Å². The van der Waals surface area contributed by atoms with E-state index in [1.54, 1.807) is 11.3 Å². The fourth-order valence-corrected chi connectivity index (χ4v) is 2.67. The fraction of sp³-hybridized carbons (Fsp3) is 0.294. The lowest BCUT2D eigenvalue weighted by molar-refractivity contribution is 0.234. The van der Waals surface area contributed by atoms with E-state index in [1.165, 1.54) is 4.88 Å². The van der Waals surface area contributed by atoms with Gasteiger partial charge in [-0.3, -0.25) is 4.90 Å². The summed E-state index contributed by atoms with van der Waals surface area (Å²) in [5, 5.41) is 2.10. The van der Waals surface area contributed by atoms with Crippen LogP contribution in [0.3, 0.4) is 0 Å². The van der Waals surface area contributed by atoms with Crippen LogP contribution in [0.2, 0.25) is 0 Å². The lowest BCUT2D eigenvalue weighted by Gasteiger charge is -2.16. The van der Waals surface area contributed by atoms with Crippen molar-refractivity contribution in [3.05, 3.63) is 52.2 Å². The topological polar surface area (TPSA) is 38.5 Å². The Labute approximate surface area is 130 Å². The summed E-state index contributed by atoms with van der Waals surface area (Å²) < 4.78 is 5.78. The minimum absolute atomic E-state index is 0.374. The third kappa shape index (κ3) is 5.60. The number of ether oxygens (including phenoxy) is 1. The van der Waals surface area contributed by atoms with E-state index in [4.69, 9.17) is 10.5 Å². The first-order valence-corrected chi connectivity index (χ1v) is 7.78. The molecular formula is C17H20N2OS. The zero-order valence-electron chi connectivity index (χ0n) is 12.2. The maximum absolute atomic E-state index is 5.78. The van der Waals surface area contributed by atoms with E-state index in [-0.39, 0.29) is 0 Å². The molecule has 110 valence electrons. The molecule has 0 unspecified atom stereocenters. The van der Waals surface area contributed by atoms with Gasteiger partial charge in [0, 0.05) is 23.5 Å². The van der Waals surface area contributed by atoms with Gasteiger partial charge in [-0.1, -0.05) is 24.0 Å². The van der Waals surface area contributed by atoms with Gasteiger partial charge in [0.1, 0.15) is 12.4 Å². The minimum atomic E-state index is 0.374. The summed E-state index contributed by atoms with van der Waals surface area (Å²) in [5.41, 5.74) is 6.31. The molecule has 2 N–H and O–H groups in total. The van der Waals surface area contributed by atoms with Crippen LogP contribution in [-0.4, -0.2) is 31.6 Å². The fourth-order valence-electron chi connectivity index (χ4n) is 1.88. The maximum Gasteiger partial charge on any atom is 0.120 e. The van der Waals surface area contributed by atoms with Crippen molar-refractivity contribution in [1.82, 2.24) is 4.90 Å². The van der Waals surface area contributed by atoms with Gasteiger partial charge in [0.25, 0.3) is 0 Å². The van der Waals surface area contributed by atoms with Crippen molar-refractivity contribution in [2.75, 3.05) is 26.7 Å². The van der Waals surface area contributed by atoms with Crippen molar-refractivity contribution < 1.29 is 4.74 Å². The number of nitrogens with zero attached hydrogens (tertiary/aromatic N) is 1. The van der Waals surface area contributed by atoms with Crippen LogP contribution in [0.5, 0.6) is 5.75 Å². The Kier molecular flexibility index (Phi) is 6.29. The number of benzene rings is 1. The quantitative estimate of drug-likeness (QED) is 0.833. The van der Waals surface area contributed by atoms with Crippen LogP contribution in [0, 0.1) is 11.8 Å². The predicted octanol–water partition coefficient (Wildman–Crippen LogP) is 2.57. The Bertz CT molecular complexity index is 599. The molecule has 0 bridgehead atoms. The number of hydrogen-bond donors (Lipinski definition) is 1. The molecule has 0 saturated carbocycles. The Morgan fingerprint density at radius 3 is 2.95 bits per heavy atom. The molecule has 0 amide bonds. The van der Waals surface area contributed by atoms with Gasteiger partial charge in [-0.15, -0.1) is 11.3 Å². The zero-order chi connectivity index (χ0) is 14.9. The Morgan fingerprint density at radius 1 is 1.29 bits per heavy atom. The van der Waals surface area contributed by atoms with E-state index in [9.17, 15) is 0 Å². The van der Waals surface area contributed by atoms with Crippen molar-refractivity contribution in [1.29, 1.82) is 0 Å². The van der Waals surface area contributed by atoms with Gasteiger partial charge in [0.15, 0.2) is 0 Å². The van der Waals surface area contributed by atoms with Crippen molar-refractivity contribution in [3.8, 4) is 17.6 Å². The molecule has 0 atom stereocenters. The smallest absolute Gasteiger partial charge is 0.120 e. The Hall–Kier alpha value is -1.80. The van der Waals surface area contributed by atoms with Gasteiger partial charge in [-0.25, -0.2) is 0 Å². The molecule has 0 radical (unpaired) electrons. The van der Waals surface area contributed by atoms with Crippen LogP contribution in [0.15, 0.2) is 41.8 Å². The summed E-state index contributed by atoms with van der Waals surface area (Å²) >= 11 is 1.78. The second-order valence-corrected chi connectivity index (χ2v) is 5.73. The largest absolute Gasteiger partial charge is 0.492 e. The summed E-state index contributed by atoms with van der Waals surface area (Å²) in [4.78, 5) is 3.63. The first kappa shape index (κ1) is 15.6. The zero-order valence-corrected chi connectivity index (χ0v) is 13.0. The standard InChI is InChI=1S/C17H20N2OS/c1-19(14-17-8-4-12-21-17)10-11-20-16-7-2-5-15(13-16)6-3-9-18/h2,4-5,7-8,12-13H,9-11,14,18H2,1H3. The molecular weight excluding hydrogens is 280 g/mol. The van der Waals surface area contributed by atoms with Crippen molar-refractivity contribution in [3.63, 3.8) is 0 Å². The molecule has 0 aliphatic carbocycles. The molecule has 1 heterocycles. The number of thiophene rings is 1. The first-order valence-electron chi connectivity index (χ1n) is 6.90. The second kappa shape index (κ2) is 8.48. The third-order valence-corrected chi connectivity index (χ3v) is 3.78. The number of nitrogens with two attached hydrogens (primary N) is 1. The highest BCUT2D eigenvalue weighted by molar-refractivity contribution is 7.09. The molecule has 1 aromatic carbocycles. The Balaban J connectivity index is 1.77. The molecule has 0 fully saturated rings. The van der Waals surface area contributed by atoms with Crippen LogP contribution in [0.1, 0.15) is 10.4 Å². The van der Waals surface area contributed by atoms with E-state index in [1.807, 2.05) is 24.3 Å². The number of likely N-dealkylation sites (N-methyl/N-ethyl adjacent to an activating group) is 1. The molecule has 4 heteroatoms. The van der Waals surface area contributed by atoms with Crippen LogP contribution in [-0.2, 0) is 6.54 Å². The lowest BCUT2D eigenvalue weighted by atomic mass is 10.2. The monoisotopic (exact) mass is 300 g/mol. The average molecular weight is 300 g/mol. The Morgan fingerprint density at radius 2 is 2.19 bits per heavy atom. The molecule has 0 aliphatic rings. The molecule has 2 rings (SSSR count). The highest BCUT2D eigenvalue weighted by atomic mass is 32.1. The molecule has 1 aromatic heterocycles. The highest BCUT2D eigenvalue weighted by Crippen LogP contribution is 2.13. The molecule has 21 heavy (non-hydrogen) atoms. The van der Waals surface area contributed by atoms with Gasteiger partial charge in [-0.2, -0.15) is 0 Å². The van der Waals surface area contributed by atoms with Crippen LogP contribution < -0.4 is 10.5 Å². The summed E-state index contributed by atoms with van der Waals surface area (Å²) in [6, 6.07) is 12.0. The molecule has 0 aliphatic heterocycles. The predicted molar refractivity (Wildman–Crippen MR) is 88.5 cm³/mol. The molecule has 3 nitrogen and oxygen atoms in total. The van der Waals surface area contributed by atoms with Crippen LogP contribution in [0.4, 0.5) is 0 Å². The van der Waals surface area contributed by atoms with Crippen molar-refractivity contribution in [2.45, 2.75) is 6.54 Å². The van der Waals surface area contributed by atoms with Gasteiger partial charge in [0.05, 0.1) is 6.54 Å². The second-order valence-electron chi connectivity index (χ2n) is 4.70. The van der Waals surface area contributed by atoms with Gasteiger partial charge in [0.2, 0.25) is 0 Å². The minimum Gasteiger partial charge on any atom is -0.492 e. The van der Waals surface area contributed by atoms with Crippen molar-refractivity contribution in [2.24, 2.45) is 5.73 Å². The molecule has 0 saturated heterocycles. The first-order chi connectivity index (χ1) is 10.3. The summed E-state index contributed by atoms with van der Waals surface area (Å²) in [6.45, 7) is 2.88. The van der Waals surface area contributed by atoms with Crippen LogP contribution in [0.25, 0.3) is 0 Å². The highest BCUT2D eigenvalue weighted by Gasteiger charge is 2.02. The summed E-state index contributed by atoms with van der Waals surface area (Å²) in [6.07, 6.45) is 0. The maximum atomic E-state index is 5.78. The summed E-state index contributed by atoms with van der Waals surface area (Å²) in [7, 11) is 2.10. The normalized spacial score (nSPS) is 10.2. The van der Waals surface area contributed by atoms with Gasteiger partial charge >= 0.3 is 0 Å². The van der Waals surface area contributed by atoms with E-state index in [0.29, 0.717) is 13.2 Å². The molecule has 0 spiro atoms.